The zero-order valence-corrected chi connectivity index (χ0v) is 10.8. The van der Waals surface area contributed by atoms with Gasteiger partial charge in [-0.05, 0) is 25.0 Å². The third-order valence-corrected chi connectivity index (χ3v) is 2.45. The van der Waals surface area contributed by atoms with Crippen LogP contribution in [0.5, 0.6) is 5.75 Å². The average Bonchev–Trinajstić information content (AvgIpc) is 2.38. The molecule has 0 bridgehead atoms. The lowest BCUT2D eigenvalue weighted by atomic mass is 10.1. The fourth-order valence-electron chi connectivity index (χ4n) is 1.52. The maximum Gasteiger partial charge on any atom is 0.343 e. The first-order valence-electron chi connectivity index (χ1n) is 5.79. The first-order valence-corrected chi connectivity index (χ1v) is 5.79. The Hall–Kier alpha value is -1.75. The van der Waals surface area contributed by atoms with E-state index >= 15 is 0 Å². The molecule has 0 aliphatic rings. The van der Waals surface area contributed by atoms with E-state index in [1.807, 2.05) is 0 Å². The second kappa shape index (κ2) is 7.55. The molecule has 5 heteroatoms. The number of hydrogen-bond acceptors (Lipinski definition) is 5. The Bertz CT molecular complexity index is 393. The topological polar surface area (TPSA) is 70.8 Å². The smallest absolute Gasteiger partial charge is 0.343 e. The quantitative estimate of drug-likeness (QED) is 0.456. The number of carbonyl (C=O) groups excluding carboxylic acids is 1. The molecule has 100 valence electrons. The summed E-state index contributed by atoms with van der Waals surface area (Å²) in [4.78, 5) is 11.6. The van der Waals surface area contributed by atoms with Gasteiger partial charge in [-0.3, -0.25) is 0 Å². The third-order valence-electron chi connectivity index (χ3n) is 2.45. The highest BCUT2D eigenvalue weighted by molar-refractivity contribution is 5.98. The zero-order chi connectivity index (χ0) is 13.4. The monoisotopic (exact) mass is 253 g/mol. The van der Waals surface area contributed by atoms with Crippen LogP contribution < -0.4 is 10.5 Å². The van der Waals surface area contributed by atoms with Gasteiger partial charge in [0.15, 0.2) is 0 Å². The molecule has 0 spiro atoms. The van der Waals surface area contributed by atoms with E-state index < -0.39 is 5.97 Å². The molecule has 0 heterocycles. The maximum atomic E-state index is 11.6. The molecular weight excluding hydrogens is 234 g/mol. The van der Waals surface area contributed by atoms with Crippen LogP contribution in [0.4, 0.5) is 5.69 Å². The molecule has 0 radical (unpaired) electrons. The van der Waals surface area contributed by atoms with Crippen molar-refractivity contribution in [1.29, 1.82) is 0 Å². The first kappa shape index (κ1) is 14.3. The largest absolute Gasteiger partial charge is 0.493 e. The Labute approximate surface area is 107 Å². The Balaban J connectivity index is 2.64. The van der Waals surface area contributed by atoms with E-state index in [9.17, 15) is 4.79 Å². The Morgan fingerprint density at radius 2 is 1.94 bits per heavy atom. The van der Waals surface area contributed by atoms with E-state index in [4.69, 9.17) is 15.2 Å². The number of nitrogens with two attached hydrogens (primary N) is 1. The predicted octanol–water partition coefficient (Wildman–Crippen LogP) is 1.86. The van der Waals surface area contributed by atoms with Crippen molar-refractivity contribution in [2.45, 2.75) is 12.8 Å². The molecule has 2 N–H and O–H groups in total. The van der Waals surface area contributed by atoms with Crippen LogP contribution in [-0.4, -0.2) is 33.4 Å². The van der Waals surface area contributed by atoms with Crippen molar-refractivity contribution < 1.29 is 19.0 Å². The number of hydrogen-bond donors (Lipinski definition) is 1. The normalized spacial score (nSPS) is 10.1. The van der Waals surface area contributed by atoms with Crippen molar-refractivity contribution in [3.8, 4) is 5.75 Å². The molecule has 0 saturated carbocycles. The SMILES string of the molecule is COCCCCOc1cccc(N)c1C(=O)OC. The fourth-order valence-corrected chi connectivity index (χ4v) is 1.52. The summed E-state index contributed by atoms with van der Waals surface area (Å²) in [5.41, 5.74) is 6.39. The molecular formula is C13H19NO4. The van der Waals surface area contributed by atoms with Crippen molar-refractivity contribution in [1.82, 2.24) is 0 Å². The summed E-state index contributed by atoms with van der Waals surface area (Å²) in [6, 6.07) is 5.09. The standard InChI is InChI=1S/C13H19NO4/c1-16-8-3-4-9-18-11-7-5-6-10(14)12(11)13(15)17-2/h5-7H,3-4,8-9,14H2,1-2H3. The maximum absolute atomic E-state index is 11.6. The molecule has 5 nitrogen and oxygen atoms in total. The molecule has 1 rings (SSSR count). The van der Waals surface area contributed by atoms with Crippen molar-refractivity contribution in [2.75, 3.05) is 33.2 Å². The highest BCUT2D eigenvalue weighted by Gasteiger charge is 2.16. The second-order valence-electron chi connectivity index (χ2n) is 3.76. The van der Waals surface area contributed by atoms with Gasteiger partial charge in [-0.25, -0.2) is 4.79 Å². The van der Waals surface area contributed by atoms with Gasteiger partial charge in [-0.1, -0.05) is 6.07 Å². The number of rotatable bonds is 7. The van der Waals surface area contributed by atoms with E-state index in [0.29, 0.717) is 24.7 Å². The summed E-state index contributed by atoms with van der Waals surface area (Å²) < 4.78 is 15.2. The third kappa shape index (κ3) is 3.92. The first-order chi connectivity index (χ1) is 8.70. The average molecular weight is 253 g/mol. The number of carbonyl (C=O) groups is 1. The molecule has 0 unspecified atom stereocenters. The number of anilines is 1. The number of ether oxygens (including phenoxy) is 3. The van der Waals surface area contributed by atoms with E-state index in [-0.39, 0.29) is 5.56 Å². The van der Waals surface area contributed by atoms with Gasteiger partial charge in [0.05, 0.1) is 13.7 Å². The van der Waals surface area contributed by atoms with Crippen LogP contribution in [0.2, 0.25) is 0 Å². The lowest BCUT2D eigenvalue weighted by molar-refractivity contribution is 0.0597. The van der Waals surface area contributed by atoms with Crippen LogP contribution >= 0.6 is 0 Å². The van der Waals surface area contributed by atoms with E-state index in [0.717, 1.165) is 12.8 Å². The van der Waals surface area contributed by atoms with Crippen molar-refractivity contribution in [3.63, 3.8) is 0 Å². The number of benzene rings is 1. The summed E-state index contributed by atoms with van der Waals surface area (Å²) >= 11 is 0. The molecule has 0 saturated heterocycles. The van der Waals surface area contributed by atoms with Crippen molar-refractivity contribution in [2.24, 2.45) is 0 Å². The van der Waals surface area contributed by atoms with Gasteiger partial charge >= 0.3 is 5.97 Å². The van der Waals surface area contributed by atoms with Gasteiger partial charge in [0, 0.05) is 19.4 Å². The molecule has 0 aliphatic heterocycles. The summed E-state index contributed by atoms with van der Waals surface area (Å²) in [6.07, 6.45) is 1.76. The molecule has 18 heavy (non-hydrogen) atoms. The molecule has 0 amide bonds. The number of nitrogen functional groups attached to an aromatic ring is 1. The van der Waals surface area contributed by atoms with Gasteiger partial charge in [0.25, 0.3) is 0 Å². The highest BCUT2D eigenvalue weighted by Crippen LogP contribution is 2.25. The van der Waals surface area contributed by atoms with Crippen LogP contribution in [0.15, 0.2) is 18.2 Å². The highest BCUT2D eigenvalue weighted by atomic mass is 16.5. The molecule has 0 atom stereocenters. The fraction of sp³-hybridized carbons (Fsp3) is 0.462. The van der Waals surface area contributed by atoms with E-state index in [2.05, 4.69) is 4.74 Å². The minimum absolute atomic E-state index is 0.284. The Kier molecular flexibility index (Phi) is 6.00. The molecule has 1 aromatic rings. The molecule has 0 aromatic heterocycles. The second-order valence-corrected chi connectivity index (χ2v) is 3.76. The van der Waals surface area contributed by atoms with Crippen LogP contribution in [0.1, 0.15) is 23.2 Å². The summed E-state index contributed by atoms with van der Waals surface area (Å²) in [5.74, 6) is -0.0285. The van der Waals surface area contributed by atoms with E-state index in [1.54, 1.807) is 25.3 Å². The molecule has 1 aromatic carbocycles. The van der Waals surface area contributed by atoms with Gasteiger partial charge in [-0.2, -0.15) is 0 Å². The van der Waals surface area contributed by atoms with Crippen molar-refractivity contribution >= 4 is 11.7 Å². The van der Waals surface area contributed by atoms with Crippen LogP contribution in [0.3, 0.4) is 0 Å². The van der Waals surface area contributed by atoms with Crippen molar-refractivity contribution in [3.05, 3.63) is 23.8 Å². The van der Waals surface area contributed by atoms with Gasteiger partial charge in [0.2, 0.25) is 0 Å². The van der Waals surface area contributed by atoms with Gasteiger partial charge < -0.3 is 19.9 Å². The Morgan fingerprint density at radius 3 is 2.61 bits per heavy atom. The number of methoxy groups -OCH3 is 2. The zero-order valence-electron chi connectivity index (χ0n) is 10.8. The van der Waals surface area contributed by atoms with Crippen LogP contribution in [0.25, 0.3) is 0 Å². The number of unbranched alkanes of at least 4 members (excludes halogenated alkanes) is 1. The van der Waals surface area contributed by atoms with Crippen LogP contribution in [-0.2, 0) is 9.47 Å². The Morgan fingerprint density at radius 1 is 1.22 bits per heavy atom. The van der Waals surface area contributed by atoms with Gasteiger partial charge in [-0.15, -0.1) is 0 Å². The minimum atomic E-state index is -0.486. The van der Waals surface area contributed by atoms with Gasteiger partial charge in [0.1, 0.15) is 11.3 Å². The predicted molar refractivity (Wildman–Crippen MR) is 68.8 cm³/mol. The van der Waals surface area contributed by atoms with Crippen LogP contribution in [0, 0.1) is 0 Å². The summed E-state index contributed by atoms with van der Waals surface area (Å²) in [5, 5.41) is 0. The van der Waals surface area contributed by atoms with E-state index in [1.165, 1.54) is 7.11 Å². The molecule has 0 fully saturated rings. The lowest BCUT2D eigenvalue weighted by Gasteiger charge is -2.11. The number of esters is 1. The molecule has 0 aliphatic carbocycles. The summed E-state index contributed by atoms with van der Waals surface area (Å²) in [6.45, 7) is 1.21. The lowest BCUT2D eigenvalue weighted by Crippen LogP contribution is -2.10. The summed E-state index contributed by atoms with van der Waals surface area (Å²) in [7, 11) is 2.98. The minimum Gasteiger partial charge on any atom is -0.493 e.